The Morgan fingerprint density at radius 1 is 1.04 bits per heavy atom. The highest BCUT2D eigenvalue weighted by Crippen LogP contribution is 2.28. The summed E-state index contributed by atoms with van der Waals surface area (Å²) in [6.45, 7) is 0.701. The number of halogens is 1. The molecule has 2 aromatic carbocycles. The number of amides is 3. The van der Waals surface area contributed by atoms with Crippen molar-refractivity contribution >= 4 is 11.9 Å². The monoisotopic (exact) mass is 385 g/mol. The summed E-state index contributed by atoms with van der Waals surface area (Å²) in [4.78, 5) is 26.3. The summed E-state index contributed by atoms with van der Waals surface area (Å²) >= 11 is 0. The number of benzene rings is 2. The average Bonchev–Trinajstić information content (AvgIpc) is 3.55. The lowest BCUT2D eigenvalue weighted by Crippen LogP contribution is -2.44. The van der Waals surface area contributed by atoms with E-state index in [1.165, 1.54) is 12.1 Å². The normalized spacial score (nSPS) is 12.9. The molecule has 0 atom stereocenters. The largest absolute Gasteiger partial charge is 0.497 e. The minimum atomic E-state index is -0.433. The molecular formula is C21H24FN3O3. The highest BCUT2D eigenvalue weighted by Gasteiger charge is 2.32. The van der Waals surface area contributed by atoms with Crippen LogP contribution in [0.2, 0.25) is 0 Å². The van der Waals surface area contributed by atoms with Gasteiger partial charge >= 0.3 is 6.03 Å². The van der Waals surface area contributed by atoms with Crippen LogP contribution in [0.3, 0.4) is 0 Å². The molecule has 0 spiro atoms. The zero-order valence-corrected chi connectivity index (χ0v) is 15.8. The van der Waals surface area contributed by atoms with Crippen molar-refractivity contribution in [2.45, 2.75) is 32.0 Å². The van der Waals surface area contributed by atoms with Crippen molar-refractivity contribution in [2.24, 2.45) is 0 Å². The van der Waals surface area contributed by atoms with E-state index in [0.717, 1.165) is 29.7 Å². The quantitative estimate of drug-likeness (QED) is 0.734. The van der Waals surface area contributed by atoms with E-state index in [2.05, 4.69) is 10.6 Å². The molecule has 0 unspecified atom stereocenters. The third-order valence-corrected chi connectivity index (χ3v) is 4.59. The van der Waals surface area contributed by atoms with E-state index in [9.17, 15) is 14.0 Å². The number of methoxy groups -OCH3 is 1. The van der Waals surface area contributed by atoms with Crippen LogP contribution in [0, 0.1) is 5.82 Å². The second-order valence-electron chi connectivity index (χ2n) is 6.76. The van der Waals surface area contributed by atoms with Gasteiger partial charge in [-0.2, -0.15) is 0 Å². The molecule has 0 bridgehead atoms. The standard InChI is InChI=1S/C21H24FN3O3/c1-28-19-10-4-16(5-11-19)14-25(18-8-9-18)20(26)13-24-21(27)23-12-15-2-6-17(22)7-3-15/h2-7,10-11,18H,8-9,12-14H2,1H3,(H2,23,24,27). The molecule has 3 rings (SSSR count). The second-order valence-corrected chi connectivity index (χ2v) is 6.76. The lowest BCUT2D eigenvalue weighted by molar-refractivity contribution is -0.131. The molecule has 0 aliphatic heterocycles. The van der Waals surface area contributed by atoms with Gasteiger partial charge in [-0.1, -0.05) is 24.3 Å². The van der Waals surface area contributed by atoms with Gasteiger partial charge < -0.3 is 20.3 Å². The molecule has 1 fully saturated rings. The molecule has 1 saturated carbocycles. The molecule has 28 heavy (non-hydrogen) atoms. The van der Waals surface area contributed by atoms with Gasteiger partial charge in [-0.25, -0.2) is 9.18 Å². The lowest BCUT2D eigenvalue weighted by Gasteiger charge is -2.23. The van der Waals surface area contributed by atoms with E-state index < -0.39 is 6.03 Å². The van der Waals surface area contributed by atoms with Crippen LogP contribution in [0.1, 0.15) is 24.0 Å². The van der Waals surface area contributed by atoms with Crippen LogP contribution in [0.4, 0.5) is 9.18 Å². The highest BCUT2D eigenvalue weighted by molar-refractivity contribution is 5.84. The fourth-order valence-electron chi connectivity index (χ4n) is 2.84. The van der Waals surface area contributed by atoms with Gasteiger partial charge in [0, 0.05) is 19.1 Å². The minimum absolute atomic E-state index is 0.0676. The summed E-state index contributed by atoms with van der Waals surface area (Å²) in [5.41, 5.74) is 1.80. The van der Waals surface area contributed by atoms with Crippen molar-refractivity contribution in [2.75, 3.05) is 13.7 Å². The molecule has 1 aliphatic rings. The zero-order valence-electron chi connectivity index (χ0n) is 15.8. The minimum Gasteiger partial charge on any atom is -0.497 e. The van der Waals surface area contributed by atoms with Crippen molar-refractivity contribution in [3.63, 3.8) is 0 Å². The summed E-state index contributed by atoms with van der Waals surface area (Å²) < 4.78 is 18.0. The molecule has 148 valence electrons. The Morgan fingerprint density at radius 3 is 2.29 bits per heavy atom. The molecule has 1 aliphatic carbocycles. The molecule has 0 heterocycles. The van der Waals surface area contributed by atoms with Gasteiger partial charge in [0.15, 0.2) is 0 Å². The van der Waals surface area contributed by atoms with Crippen molar-refractivity contribution in [1.82, 2.24) is 15.5 Å². The number of urea groups is 1. The Bertz CT molecular complexity index is 805. The van der Waals surface area contributed by atoms with Crippen molar-refractivity contribution < 1.29 is 18.7 Å². The van der Waals surface area contributed by atoms with Gasteiger partial charge in [0.25, 0.3) is 0 Å². The summed E-state index contributed by atoms with van der Waals surface area (Å²) in [7, 11) is 1.61. The first kappa shape index (κ1) is 19.7. The Labute approximate surface area is 163 Å². The number of carbonyl (C=O) groups is 2. The molecular weight excluding hydrogens is 361 g/mol. The SMILES string of the molecule is COc1ccc(CN(C(=O)CNC(=O)NCc2ccc(F)cc2)C2CC2)cc1. The van der Waals surface area contributed by atoms with E-state index in [1.807, 2.05) is 29.2 Å². The Morgan fingerprint density at radius 2 is 1.68 bits per heavy atom. The Balaban J connectivity index is 1.47. The van der Waals surface area contributed by atoms with Crippen LogP contribution in [0.5, 0.6) is 5.75 Å². The summed E-state index contributed by atoms with van der Waals surface area (Å²) in [6.07, 6.45) is 1.97. The van der Waals surface area contributed by atoms with E-state index >= 15 is 0 Å². The first-order valence-electron chi connectivity index (χ1n) is 9.23. The van der Waals surface area contributed by atoms with Crippen molar-refractivity contribution in [3.8, 4) is 5.75 Å². The molecule has 3 amide bonds. The van der Waals surface area contributed by atoms with Crippen molar-refractivity contribution in [1.29, 1.82) is 0 Å². The number of ether oxygens (including phenoxy) is 1. The lowest BCUT2D eigenvalue weighted by atomic mass is 10.2. The van der Waals surface area contributed by atoms with Crippen LogP contribution >= 0.6 is 0 Å². The second kappa shape index (κ2) is 9.21. The van der Waals surface area contributed by atoms with Gasteiger partial charge in [-0.3, -0.25) is 4.79 Å². The zero-order chi connectivity index (χ0) is 19.9. The van der Waals surface area contributed by atoms with Crippen LogP contribution in [-0.4, -0.2) is 36.5 Å². The van der Waals surface area contributed by atoms with Gasteiger partial charge in [0.2, 0.25) is 5.91 Å². The maximum atomic E-state index is 12.9. The van der Waals surface area contributed by atoms with E-state index in [1.54, 1.807) is 19.2 Å². The first-order chi connectivity index (χ1) is 13.5. The number of hydrogen-bond donors (Lipinski definition) is 2. The number of nitrogens with one attached hydrogen (secondary N) is 2. The highest BCUT2D eigenvalue weighted by atomic mass is 19.1. The summed E-state index contributed by atoms with van der Waals surface area (Å²) in [5.74, 6) is 0.332. The molecule has 6 nitrogen and oxygen atoms in total. The third kappa shape index (κ3) is 5.70. The van der Waals surface area contributed by atoms with Gasteiger partial charge in [0.1, 0.15) is 11.6 Å². The topological polar surface area (TPSA) is 70.7 Å². The Hall–Kier alpha value is -3.09. The number of carbonyl (C=O) groups excluding carboxylic acids is 2. The van der Waals surface area contributed by atoms with Gasteiger partial charge in [-0.05, 0) is 48.2 Å². The fourth-order valence-corrected chi connectivity index (χ4v) is 2.84. The smallest absolute Gasteiger partial charge is 0.315 e. The average molecular weight is 385 g/mol. The maximum absolute atomic E-state index is 12.9. The van der Waals surface area contributed by atoms with Gasteiger partial charge in [-0.15, -0.1) is 0 Å². The molecule has 2 aromatic rings. The van der Waals surface area contributed by atoms with Crippen LogP contribution in [0.15, 0.2) is 48.5 Å². The van der Waals surface area contributed by atoms with E-state index in [4.69, 9.17) is 4.74 Å². The molecule has 2 N–H and O–H groups in total. The van der Waals surface area contributed by atoms with E-state index in [0.29, 0.717) is 6.54 Å². The summed E-state index contributed by atoms with van der Waals surface area (Å²) in [6, 6.07) is 13.3. The third-order valence-electron chi connectivity index (χ3n) is 4.59. The first-order valence-corrected chi connectivity index (χ1v) is 9.23. The molecule has 0 aromatic heterocycles. The predicted molar refractivity (Wildman–Crippen MR) is 103 cm³/mol. The number of rotatable bonds is 8. The van der Waals surface area contributed by atoms with Crippen molar-refractivity contribution in [3.05, 3.63) is 65.5 Å². The predicted octanol–water partition coefficient (Wildman–Crippen LogP) is 2.82. The van der Waals surface area contributed by atoms with E-state index in [-0.39, 0.29) is 30.9 Å². The molecule has 7 heteroatoms. The Kier molecular flexibility index (Phi) is 6.47. The molecule has 0 saturated heterocycles. The fraction of sp³-hybridized carbons (Fsp3) is 0.333. The van der Waals surface area contributed by atoms with Crippen LogP contribution in [0.25, 0.3) is 0 Å². The van der Waals surface area contributed by atoms with Crippen LogP contribution in [-0.2, 0) is 17.9 Å². The van der Waals surface area contributed by atoms with Gasteiger partial charge in [0.05, 0.1) is 13.7 Å². The maximum Gasteiger partial charge on any atom is 0.315 e. The van der Waals surface area contributed by atoms with Crippen LogP contribution < -0.4 is 15.4 Å². The molecule has 0 radical (unpaired) electrons. The number of hydrogen-bond acceptors (Lipinski definition) is 3. The summed E-state index contributed by atoms with van der Waals surface area (Å²) in [5, 5.41) is 5.26. The number of nitrogens with zero attached hydrogens (tertiary/aromatic N) is 1.